The van der Waals surface area contributed by atoms with E-state index >= 15 is 0 Å². The van der Waals surface area contributed by atoms with Gasteiger partial charge in [-0.15, -0.1) is 0 Å². The average molecular weight is 252 g/mol. The molecule has 6 heteroatoms. The molecule has 2 heterocycles. The van der Waals surface area contributed by atoms with Crippen molar-refractivity contribution < 1.29 is 18.7 Å². The summed E-state index contributed by atoms with van der Waals surface area (Å²) >= 11 is 0. The van der Waals surface area contributed by atoms with Crippen LogP contribution >= 0.6 is 0 Å². The Kier molecular flexibility index (Phi) is 4.35. The van der Waals surface area contributed by atoms with Gasteiger partial charge < -0.3 is 19.4 Å². The van der Waals surface area contributed by atoms with Crippen LogP contribution in [0.5, 0.6) is 0 Å². The Bertz CT molecular complexity index is 396. The molecule has 2 amide bonds. The Hall–Kier alpha value is -1.82. The zero-order valence-electron chi connectivity index (χ0n) is 10.1. The monoisotopic (exact) mass is 252 g/mol. The second-order valence-electron chi connectivity index (χ2n) is 4.01. The van der Waals surface area contributed by atoms with E-state index in [1.165, 1.54) is 12.5 Å². The molecule has 0 bridgehead atoms. The molecule has 0 aliphatic carbocycles. The van der Waals surface area contributed by atoms with Crippen LogP contribution in [0.2, 0.25) is 0 Å². The number of nitrogens with zero attached hydrogens (tertiary/aromatic N) is 1. The highest BCUT2D eigenvalue weighted by Crippen LogP contribution is 2.01. The Labute approximate surface area is 105 Å². The van der Waals surface area contributed by atoms with Crippen LogP contribution in [0.4, 0.5) is 0 Å². The van der Waals surface area contributed by atoms with Crippen molar-refractivity contribution in [2.75, 3.05) is 32.8 Å². The first-order chi connectivity index (χ1) is 8.77. The van der Waals surface area contributed by atoms with Crippen LogP contribution in [-0.2, 0) is 9.53 Å². The van der Waals surface area contributed by atoms with Crippen molar-refractivity contribution in [3.63, 3.8) is 0 Å². The van der Waals surface area contributed by atoms with Gasteiger partial charge in [0.25, 0.3) is 5.91 Å². The summed E-state index contributed by atoms with van der Waals surface area (Å²) in [7, 11) is 0. The summed E-state index contributed by atoms with van der Waals surface area (Å²) in [5, 5.41) is 2.68. The summed E-state index contributed by atoms with van der Waals surface area (Å²) in [5.74, 6) is -0.177. The van der Waals surface area contributed by atoms with E-state index in [-0.39, 0.29) is 11.8 Å². The fraction of sp³-hybridized carbons (Fsp3) is 0.500. The smallest absolute Gasteiger partial charge is 0.254 e. The molecule has 0 aromatic carbocycles. The minimum atomic E-state index is -0.224. The number of hydrogen-bond donors (Lipinski definition) is 1. The van der Waals surface area contributed by atoms with Gasteiger partial charge in [-0.25, -0.2) is 0 Å². The molecule has 0 saturated carbocycles. The van der Waals surface area contributed by atoms with Crippen molar-refractivity contribution in [2.24, 2.45) is 0 Å². The third kappa shape index (κ3) is 3.33. The lowest BCUT2D eigenvalue weighted by atomic mass is 10.3. The van der Waals surface area contributed by atoms with Gasteiger partial charge in [0.2, 0.25) is 5.91 Å². The van der Waals surface area contributed by atoms with E-state index in [0.717, 1.165) is 0 Å². The summed E-state index contributed by atoms with van der Waals surface area (Å²) < 4.78 is 9.98. The van der Waals surface area contributed by atoms with Crippen molar-refractivity contribution in [1.82, 2.24) is 10.2 Å². The normalized spacial score (nSPS) is 15.4. The second-order valence-corrected chi connectivity index (χ2v) is 4.01. The molecule has 98 valence electrons. The molecular weight excluding hydrogens is 236 g/mol. The Morgan fingerprint density at radius 2 is 2.11 bits per heavy atom. The van der Waals surface area contributed by atoms with E-state index in [1.54, 1.807) is 11.0 Å². The molecule has 0 radical (unpaired) electrons. The molecule has 18 heavy (non-hydrogen) atoms. The van der Waals surface area contributed by atoms with Crippen molar-refractivity contribution in [3.8, 4) is 0 Å². The van der Waals surface area contributed by atoms with Crippen LogP contribution in [-0.4, -0.2) is 49.6 Å². The number of rotatable bonds is 4. The Morgan fingerprint density at radius 3 is 2.78 bits per heavy atom. The first-order valence-electron chi connectivity index (χ1n) is 5.93. The molecule has 0 spiro atoms. The van der Waals surface area contributed by atoms with Crippen molar-refractivity contribution in [1.29, 1.82) is 0 Å². The minimum absolute atomic E-state index is 0.0470. The molecular formula is C12H16N2O4. The van der Waals surface area contributed by atoms with Crippen LogP contribution < -0.4 is 5.32 Å². The van der Waals surface area contributed by atoms with E-state index in [0.29, 0.717) is 44.8 Å². The van der Waals surface area contributed by atoms with E-state index in [1.807, 2.05) is 0 Å². The van der Waals surface area contributed by atoms with Gasteiger partial charge in [-0.3, -0.25) is 9.59 Å². The molecule has 1 fully saturated rings. The number of carbonyl (C=O) groups excluding carboxylic acids is 2. The maximum Gasteiger partial charge on any atom is 0.254 e. The standard InChI is InChI=1S/C12H16N2O4/c15-11(14-4-7-17-8-5-14)1-3-13-12(16)10-2-6-18-9-10/h2,6,9H,1,3-5,7-8H2,(H,13,16). The van der Waals surface area contributed by atoms with E-state index < -0.39 is 0 Å². The SMILES string of the molecule is O=C(NCCC(=O)N1CCOCC1)c1ccoc1. The van der Waals surface area contributed by atoms with Crippen molar-refractivity contribution >= 4 is 11.8 Å². The summed E-state index contributed by atoms with van der Waals surface area (Å²) in [6.45, 7) is 2.78. The molecule has 1 aromatic rings. The van der Waals surface area contributed by atoms with Gasteiger partial charge in [-0.05, 0) is 6.07 Å². The van der Waals surface area contributed by atoms with Gasteiger partial charge >= 0.3 is 0 Å². The molecule has 1 aliphatic rings. The van der Waals surface area contributed by atoms with Gasteiger partial charge in [0.1, 0.15) is 6.26 Å². The predicted octanol–water partition coefficient (Wildman–Crippen LogP) is 0.258. The Balaban J connectivity index is 1.68. The van der Waals surface area contributed by atoms with Crippen LogP contribution in [0.15, 0.2) is 23.0 Å². The lowest BCUT2D eigenvalue weighted by molar-refractivity contribution is -0.135. The van der Waals surface area contributed by atoms with Crippen molar-refractivity contribution in [3.05, 3.63) is 24.2 Å². The van der Waals surface area contributed by atoms with Crippen molar-refractivity contribution in [2.45, 2.75) is 6.42 Å². The van der Waals surface area contributed by atoms with Crippen LogP contribution in [0.1, 0.15) is 16.8 Å². The average Bonchev–Trinajstić information content (AvgIpc) is 2.93. The summed E-state index contributed by atoms with van der Waals surface area (Å²) in [6, 6.07) is 1.58. The van der Waals surface area contributed by atoms with Gasteiger partial charge in [-0.1, -0.05) is 0 Å². The summed E-state index contributed by atoms with van der Waals surface area (Å²) in [6.07, 6.45) is 3.12. The number of nitrogens with one attached hydrogen (secondary N) is 1. The molecule has 1 aromatic heterocycles. The molecule has 6 nitrogen and oxygen atoms in total. The maximum absolute atomic E-state index is 11.8. The van der Waals surface area contributed by atoms with E-state index in [9.17, 15) is 9.59 Å². The number of hydrogen-bond acceptors (Lipinski definition) is 4. The van der Waals surface area contributed by atoms with Crippen LogP contribution in [0.25, 0.3) is 0 Å². The highest BCUT2D eigenvalue weighted by atomic mass is 16.5. The van der Waals surface area contributed by atoms with E-state index in [2.05, 4.69) is 5.32 Å². The molecule has 1 N–H and O–H groups in total. The van der Waals surface area contributed by atoms with Crippen LogP contribution in [0.3, 0.4) is 0 Å². The summed E-state index contributed by atoms with van der Waals surface area (Å²) in [4.78, 5) is 25.1. The first-order valence-corrected chi connectivity index (χ1v) is 5.93. The third-order valence-electron chi connectivity index (χ3n) is 2.77. The number of carbonyl (C=O) groups is 2. The quantitative estimate of drug-likeness (QED) is 0.834. The largest absolute Gasteiger partial charge is 0.472 e. The lowest BCUT2D eigenvalue weighted by Crippen LogP contribution is -2.42. The molecule has 1 saturated heterocycles. The third-order valence-corrected chi connectivity index (χ3v) is 2.77. The van der Waals surface area contributed by atoms with Gasteiger partial charge in [0.05, 0.1) is 25.0 Å². The minimum Gasteiger partial charge on any atom is -0.472 e. The lowest BCUT2D eigenvalue weighted by Gasteiger charge is -2.26. The van der Waals surface area contributed by atoms with Gasteiger partial charge in [0, 0.05) is 26.1 Å². The second kappa shape index (κ2) is 6.20. The number of furan rings is 1. The Morgan fingerprint density at radius 1 is 1.33 bits per heavy atom. The maximum atomic E-state index is 11.8. The topological polar surface area (TPSA) is 71.8 Å². The molecule has 0 unspecified atom stereocenters. The molecule has 0 atom stereocenters. The predicted molar refractivity (Wildman–Crippen MR) is 63.1 cm³/mol. The number of ether oxygens (including phenoxy) is 1. The van der Waals surface area contributed by atoms with Crippen LogP contribution in [0, 0.1) is 0 Å². The van der Waals surface area contributed by atoms with Gasteiger partial charge in [-0.2, -0.15) is 0 Å². The fourth-order valence-electron chi connectivity index (χ4n) is 1.75. The molecule has 2 rings (SSSR count). The fourth-order valence-corrected chi connectivity index (χ4v) is 1.75. The highest BCUT2D eigenvalue weighted by Gasteiger charge is 2.16. The summed E-state index contributed by atoms with van der Waals surface area (Å²) in [5.41, 5.74) is 0.467. The first kappa shape index (κ1) is 12.6. The van der Waals surface area contributed by atoms with Gasteiger partial charge in [0.15, 0.2) is 0 Å². The van der Waals surface area contributed by atoms with E-state index in [4.69, 9.17) is 9.15 Å². The zero-order chi connectivity index (χ0) is 12.8. The number of morpholine rings is 1. The highest BCUT2D eigenvalue weighted by molar-refractivity contribution is 5.94. The number of amides is 2. The zero-order valence-corrected chi connectivity index (χ0v) is 10.1. The molecule has 1 aliphatic heterocycles.